The van der Waals surface area contributed by atoms with E-state index in [9.17, 15) is 0 Å². The van der Waals surface area contributed by atoms with Gasteiger partial charge in [-0.1, -0.05) is 25.9 Å². The summed E-state index contributed by atoms with van der Waals surface area (Å²) < 4.78 is 0. The highest BCUT2D eigenvalue weighted by Crippen LogP contribution is 2.07. The van der Waals surface area contributed by atoms with E-state index in [1.54, 1.807) is 0 Å². The van der Waals surface area contributed by atoms with Crippen LogP contribution in [0.5, 0.6) is 0 Å². The van der Waals surface area contributed by atoms with Crippen LogP contribution in [0.2, 0.25) is 0 Å². The quantitative estimate of drug-likeness (QED) is 0.374. The Balaban J connectivity index is 3.52. The molecule has 0 unspecified atom stereocenters. The number of hydrogen-bond acceptors (Lipinski definition) is 2. The lowest BCUT2D eigenvalue weighted by atomic mass is 10.00. The summed E-state index contributed by atoms with van der Waals surface area (Å²) in [6.07, 6.45) is 2.77. The fourth-order valence-electron chi connectivity index (χ4n) is 0.183. The summed E-state index contributed by atoms with van der Waals surface area (Å²) in [6.45, 7) is 6.03. The van der Waals surface area contributed by atoms with Crippen molar-refractivity contribution in [1.82, 2.24) is 0 Å². The van der Waals surface area contributed by atoms with Gasteiger partial charge in [-0.25, -0.2) is 0 Å². The van der Waals surface area contributed by atoms with E-state index in [-0.39, 0.29) is 5.41 Å². The van der Waals surface area contributed by atoms with Crippen molar-refractivity contribution in [2.75, 3.05) is 7.11 Å². The van der Waals surface area contributed by atoms with E-state index in [0.29, 0.717) is 0 Å². The molecule has 0 atom stereocenters. The molecule has 47 valence electrons. The van der Waals surface area contributed by atoms with E-state index in [1.165, 1.54) is 7.11 Å². The standard InChI is InChI=1S/C6H12NO/c1-6(2,3)5-7-8-4/h1-4H3. The Labute approximate surface area is 50.5 Å². The van der Waals surface area contributed by atoms with E-state index in [1.807, 2.05) is 20.8 Å². The van der Waals surface area contributed by atoms with Crippen molar-refractivity contribution in [3.05, 3.63) is 0 Å². The Morgan fingerprint density at radius 1 is 1.38 bits per heavy atom. The van der Waals surface area contributed by atoms with Crippen LogP contribution >= 0.6 is 0 Å². The van der Waals surface area contributed by atoms with Crippen LogP contribution in [0.3, 0.4) is 0 Å². The summed E-state index contributed by atoms with van der Waals surface area (Å²) in [4.78, 5) is 4.43. The van der Waals surface area contributed by atoms with Gasteiger partial charge in [0.2, 0.25) is 0 Å². The molecule has 0 amide bonds. The molecular formula is C6H12NO. The zero-order chi connectivity index (χ0) is 6.62. The summed E-state index contributed by atoms with van der Waals surface area (Å²) in [5.41, 5.74) is 0.00993. The summed E-state index contributed by atoms with van der Waals surface area (Å²) in [5, 5.41) is 3.49. The molecule has 0 spiro atoms. The lowest BCUT2D eigenvalue weighted by Gasteiger charge is -2.06. The molecule has 0 aromatic rings. The maximum atomic E-state index is 4.43. The Morgan fingerprint density at radius 2 is 1.88 bits per heavy atom. The highest BCUT2D eigenvalue weighted by atomic mass is 16.6. The molecule has 0 aliphatic carbocycles. The maximum Gasteiger partial charge on any atom is 0.110 e. The van der Waals surface area contributed by atoms with Gasteiger partial charge in [-0.05, 0) is 0 Å². The van der Waals surface area contributed by atoms with Gasteiger partial charge >= 0.3 is 0 Å². The van der Waals surface area contributed by atoms with Crippen LogP contribution in [0.1, 0.15) is 20.8 Å². The Bertz CT molecular complexity index is 81.0. The molecule has 2 heteroatoms. The predicted molar refractivity (Wildman–Crippen MR) is 33.9 cm³/mol. The first-order valence-corrected chi connectivity index (χ1v) is 2.56. The smallest absolute Gasteiger partial charge is 0.110 e. The second kappa shape index (κ2) is 2.70. The van der Waals surface area contributed by atoms with Crippen molar-refractivity contribution < 1.29 is 4.84 Å². The fraction of sp³-hybridized carbons (Fsp3) is 0.833. The van der Waals surface area contributed by atoms with E-state index in [2.05, 4.69) is 16.2 Å². The minimum absolute atomic E-state index is 0.00993. The minimum Gasteiger partial charge on any atom is -0.399 e. The predicted octanol–water partition coefficient (Wildman–Crippen LogP) is 1.54. The van der Waals surface area contributed by atoms with Gasteiger partial charge in [0, 0.05) is 5.41 Å². The van der Waals surface area contributed by atoms with Gasteiger partial charge in [0.05, 0.1) is 0 Å². The summed E-state index contributed by atoms with van der Waals surface area (Å²) in [6, 6.07) is 0. The minimum atomic E-state index is 0.00993. The van der Waals surface area contributed by atoms with Crippen LogP contribution in [-0.2, 0) is 4.84 Å². The fourth-order valence-corrected chi connectivity index (χ4v) is 0.183. The maximum absolute atomic E-state index is 4.43. The SMILES string of the molecule is CO/N=[C]\C(C)(C)C. The molecule has 0 fully saturated rings. The molecule has 0 rings (SSSR count). The Morgan fingerprint density at radius 3 is 2.00 bits per heavy atom. The van der Waals surface area contributed by atoms with Crippen molar-refractivity contribution in [2.45, 2.75) is 20.8 Å². The largest absolute Gasteiger partial charge is 0.399 e. The number of nitrogens with zero attached hydrogens (tertiary/aromatic N) is 1. The topological polar surface area (TPSA) is 21.6 Å². The molecule has 0 aromatic heterocycles. The molecule has 0 aromatic carbocycles. The first-order chi connectivity index (χ1) is 3.56. The average molecular weight is 114 g/mol. The van der Waals surface area contributed by atoms with Gasteiger partial charge in [0.25, 0.3) is 0 Å². The van der Waals surface area contributed by atoms with Gasteiger partial charge in [-0.2, -0.15) is 0 Å². The molecule has 0 saturated carbocycles. The monoisotopic (exact) mass is 114 g/mol. The van der Waals surface area contributed by atoms with Crippen LogP contribution in [0.15, 0.2) is 5.16 Å². The van der Waals surface area contributed by atoms with E-state index >= 15 is 0 Å². The first kappa shape index (κ1) is 7.47. The lowest BCUT2D eigenvalue weighted by Crippen LogP contribution is -2.05. The highest BCUT2D eigenvalue weighted by Gasteiger charge is 2.05. The van der Waals surface area contributed by atoms with Crippen molar-refractivity contribution in [1.29, 1.82) is 0 Å². The Kier molecular flexibility index (Phi) is 2.52. The second-order valence-electron chi connectivity index (χ2n) is 2.64. The molecule has 8 heavy (non-hydrogen) atoms. The molecule has 0 saturated heterocycles. The van der Waals surface area contributed by atoms with Crippen molar-refractivity contribution in [3.63, 3.8) is 0 Å². The number of hydrogen-bond donors (Lipinski definition) is 0. The van der Waals surface area contributed by atoms with Gasteiger partial charge in [0.1, 0.15) is 13.3 Å². The normalized spacial score (nSPS) is 12.5. The van der Waals surface area contributed by atoms with Crippen LogP contribution in [0, 0.1) is 5.41 Å². The van der Waals surface area contributed by atoms with E-state index in [4.69, 9.17) is 0 Å². The Hall–Kier alpha value is -0.530. The van der Waals surface area contributed by atoms with E-state index < -0.39 is 0 Å². The first-order valence-electron chi connectivity index (χ1n) is 2.56. The second-order valence-corrected chi connectivity index (χ2v) is 2.64. The van der Waals surface area contributed by atoms with Crippen LogP contribution in [0.25, 0.3) is 0 Å². The third-order valence-electron chi connectivity index (χ3n) is 0.472. The van der Waals surface area contributed by atoms with Gasteiger partial charge in [-0.3, -0.25) is 0 Å². The molecule has 0 aliphatic rings. The average Bonchev–Trinajstić information content (AvgIpc) is 1.59. The summed E-state index contributed by atoms with van der Waals surface area (Å²) in [5.74, 6) is 0. The van der Waals surface area contributed by atoms with Crippen LogP contribution in [0.4, 0.5) is 0 Å². The molecule has 2 nitrogen and oxygen atoms in total. The third-order valence-corrected chi connectivity index (χ3v) is 0.472. The van der Waals surface area contributed by atoms with Crippen molar-refractivity contribution in [3.8, 4) is 0 Å². The number of rotatable bonds is 1. The summed E-state index contributed by atoms with van der Waals surface area (Å²) in [7, 11) is 1.51. The highest BCUT2D eigenvalue weighted by molar-refractivity contribution is 5.63. The molecule has 0 aliphatic heterocycles. The lowest BCUT2D eigenvalue weighted by molar-refractivity contribution is 0.212. The van der Waals surface area contributed by atoms with E-state index in [0.717, 1.165) is 0 Å². The zero-order valence-corrected chi connectivity index (χ0v) is 5.86. The molecule has 0 heterocycles. The summed E-state index contributed by atoms with van der Waals surface area (Å²) >= 11 is 0. The van der Waals surface area contributed by atoms with Gasteiger partial charge in [-0.15, -0.1) is 0 Å². The molecule has 0 bridgehead atoms. The van der Waals surface area contributed by atoms with Crippen molar-refractivity contribution in [2.24, 2.45) is 10.6 Å². The van der Waals surface area contributed by atoms with Crippen LogP contribution in [-0.4, -0.2) is 13.3 Å². The molecule has 0 N–H and O–H groups in total. The zero-order valence-electron chi connectivity index (χ0n) is 5.86. The van der Waals surface area contributed by atoms with Gasteiger partial charge < -0.3 is 4.84 Å². The third kappa shape index (κ3) is 5.47. The van der Waals surface area contributed by atoms with Crippen molar-refractivity contribution >= 4 is 6.21 Å². The van der Waals surface area contributed by atoms with Crippen LogP contribution < -0.4 is 0 Å². The molecular weight excluding hydrogens is 102 g/mol. The molecule has 1 radical (unpaired) electrons. The van der Waals surface area contributed by atoms with Gasteiger partial charge in [0.15, 0.2) is 0 Å².